The number of para-hydroxylation sites is 1. The van der Waals surface area contributed by atoms with Gasteiger partial charge in [0.1, 0.15) is 12.2 Å². The van der Waals surface area contributed by atoms with Crippen molar-refractivity contribution in [2.24, 2.45) is 0 Å². The zero-order valence-electron chi connectivity index (χ0n) is 13.7. The lowest BCUT2D eigenvalue weighted by molar-refractivity contribution is 0.0938. The Balaban J connectivity index is 1.78. The van der Waals surface area contributed by atoms with Crippen LogP contribution in [0.25, 0.3) is 0 Å². The standard InChI is InChI=1S/C17H23N5O/c1-3-10-22-16(19-11-20-22)12(2)21-17(23)14-8-4-6-13-7-5-9-18-15(13)14/h4,6,8,11-12,18H,3,5,7,9-10H2,1-2H3,(H,21,23)/t12-/m1/s1. The number of nitrogens with zero attached hydrogens (tertiary/aromatic N) is 3. The number of hydrogen-bond acceptors (Lipinski definition) is 4. The van der Waals surface area contributed by atoms with Gasteiger partial charge < -0.3 is 10.6 Å². The molecule has 2 N–H and O–H groups in total. The molecule has 0 unspecified atom stereocenters. The fourth-order valence-corrected chi connectivity index (χ4v) is 3.03. The summed E-state index contributed by atoms with van der Waals surface area (Å²) < 4.78 is 1.85. The predicted octanol–water partition coefficient (Wildman–Crippen LogP) is 2.54. The monoisotopic (exact) mass is 313 g/mol. The fourth-order valence-electron chi connectivity index (χ4n) is 3.03. The number of carbonyl (C=O) groups is 1. The van der Waals surface area contributed by atoms with E-state index < -0.39 is 0 Å². The van der Waals surface area contributed by atoms with E-state index in [1.807, 2.05) is 23.7 Å². The second-order valence-corrected chi connectivity index (χ2v) is 5.91. The van der Waals surface area contributed by atoms with E-state index in [4.69, 9.17) is 0 Å². The molecular weight excluding hydrogens is 290 g/mol. The second-order valence-electron chi connectivity index (χ2n) is 5.91. The topological polar surface area (TPSA) is 71.8 Å². The molecule has 3 rings (SSSR count). The van der Waals surface area contributed by atoms with Crippen LogP contribution < -0.4 is 10.6 Å². The van der Waals surface area contributed by atoms with Gasteiger partial charge in [0.2, 0.25) is 0 Å². The average molecular weight is 313 g/mol. The average Bonchev–Trinajstić information content (AvgIpc) is 3.03. The van der Waals surface area contributed by atoms with Gasteiger partial charge >= 0.3 is 0 Å². The molecule has 0 saturated carbocycles. The minimum Gasteiger partial charge on any atom is -0.384 e. The Morgan fingerprint density at radius 3 is 3.17 bits per heavy atom. The summed E-state index contributed by atoms with van der Waals surface area (Å²) >= 11 is 0. The number of nitrogens with one attached hydrogen (secondary N) is 2. The maximum Gasteiger partial charge on any atom is 0.253 e. The van der Waals surface area contributed by atoms with Gasteiger partial charge in [-0.25, -0.2) is 9.67 Å². The number of amides is 1. The van der Waals surface area contributed by atoms with Gasteiger partial charge in [-0.2, -0.15) is 5.10 Å². The first-order chi connectivity index (χ1) is 11.2. The number of aryl methyl sites for hydroxylation is 2. The Kier molecular flexibility index (Phi) is 4.60. The van der Waals surface area contributed by atoms with Crippen molar-refractivity contribution >= 4 is 11.6 Å². The number of fused-ring (bicyclic) bond motifs is 1. The molecule has 1 aromatic heterocycles. The van der Waals surface area contributed by atoms with E-state index in [2.05, 4.69) is 33.7 Å². The summed E-state index contributed by atoms with van der Waals surface area (Å²) in [4.78, 5) is 17.0. The zero-order chi connectivity index (χ0) is 16.2. The van der Waals surface area contributed by atoms with Crippen LogP contribution in [0, 0.1) is 0 Å². The lowest BCUT2D eigenvalue weighted by Crippen LogP contribution is -2.30. The van der Waals surface area contributed by atoms with Crippen LogP contribution in [0.2, 0.25) is 0 Å². The minimum atomic E-state index is -0.184. The zero-order valence-corrected chi connectivity index (χ0v) is 13.7. The highest BCUT2D eigenvalue weighted by Crippen LogP contribution is 2.26. The molecule has 1 amide bonds. The molecule has 122 valence electrons. The molecule has 0 bridgehead atoms. The van der Waals surface area contributed by atoms with Crippen LogP contribution in [0.1, 0.15) is 54.5 Å². The molecule has 2 aromatic rings. The van der Waals surface area contributed by atoms with E-state index >= 15 is 0 Å². The number of anilines is 1. The van der Waals surface area contributed by atoms with Crippen LogP contribution in [-0.4, -0.2) is 27.2 Å². The maximum atomic E-state index is 12.7. The van der Waals surface area contributed by atoms with Crippen molar-refractivity contribution in [2.45, 2.75) is 45.7 Å². The summed E-state index contributed by atoms with van der Waals surface area (Å²) in [5.41, 5.74) is 2.89. The minimum absolute atomic E-state index is 0.0743. The van der Waals surface area contributed by atoms with Crippen LogP contribution in [0.4, 0.5) is 5.69 Å². The quantitative estimate of drug-likeness (QED) is 0.890. The fraction of sp³-hybridized carbons (Fsp3) is 0.471. The van der Waals surface area contributed by atoms with Gasteiger partial charge in [-0.1, -0.05) is 19.1 Å². The molecule has 6 heteroatoms. The Morgan fingerprint density at radius 2 is 2.35 bits per heavy atom. The van der Waals surface area contributed by atoms with Crippen molar-refractivity contribution < 1.29 is 4.79 Å². The second kappa shape index (κ2) is 6.81. The predicted molar refractivity (Wildman–Crippen MR) is 89.4 cm³/mol. The lowest BCUT2D eigenvalue weighted by atomic mass is 9.99. The van der Waals surface area contributed by atoms with Gasteiger partial charge in [-0.3, -0.25) is 4.79 Å². The molecule has 0 aliphatic carbocycles. The molecule has 0 spiro atoms. The van der Waals surface area contributed by atoms with Crippen molar-refractivity contribution in [2.75, 3.05) is 11.9 Å². The third-order valence-electron chi connectivity index (χ3n) is 4.14. The number of aromatic nitrogens is 3. The Hall–Kier alpha value is -2.37. The van der Waals surface area contributed by atoms with Crippen LogP contribution in [0.3, 0.4) is 0 Å². The van der Waals surface area contributed by atoms with Crippen LogP contribution in [0.15, 0.2) is 24.5 Å². The van der Waals surface area contributed by atoms with E-state index in [1.165, 1.54) is 5.56 Å². The van der Waals surface area contributed by atoms with Gasteiger partial charge in [0, 0.05) is 13.1 Å². The molecule has 6 nitrogen and oxygen atoms in total. The highest BCUT2D eigenvalue weighted by Gasteiger charge is 2.20. The van der Waals surface area contributed by atoms with E-state index in [0.717, 1.165) is 43.9 Å². The summed E-state index contributed by atoms with van der Waals surface area (Å²) in [6.45, 7) is 5.75. The number of benzene rings is 1. The van der Waals surface area contributed by atoms with Gasteiger partial charge in [-0.15, -0.1) is 0 Å². The maximum absolute atomic E-state index is 12.7. The lowest BCUT2D eigenvalue weighted by Gasteiger charge is -2.22. The molecule has 1 aliphatic heterocycles. The normalized spacial score (nSPS) is 14.7. The first kappa shape index (κ1) is 15.5. The molecule has 23 heavy (non-hydrogen) atoms. The molecular formula is C17H23N5O. The van der Waals surface area contributed by atoms with Crippen molar-refractivity contribution in [3.05, 3.63) is 41.5 Å². The number of hydrogen-bond donors (Lipinski definition) is 2. The summed E-state index contributed by atoms with van der Waals surface area (Å²) in [6.07, 6.45) is 4.64. The van der Waals surface area contributed by atoms with Crippen molar-refractivity contribution in [3.8, 4) is 0 Å². The largest absolute Gasteiger partial charge is 0.384 e. The molecule has 1 atom stereocenters. The van der Waals surface area contributed by atoms with Gasteiger partial charge in [0.25, 0.3) is 5.91 Å². The van der Waals surface area contributed by atoms with Gasteiger partial charge in [-0.05, 0) is 37.8 Å². The number of rotatable bonds is 5. The highest BCUT2D eigenvalue weighted by atomic mass is 16.1. The third kappa shape index (κ3) is 3.21. The Morgan fingerprint density at radius 1 is 1.48 bits per heavy atom. The molecule has 0 fully saturated rings. The molecule has 1 aromatic carbocycles. The van der Waals surface area contributed by atoms with E-state index in [-0.39, 0.29) is 11.9 Å². The summed E-state index contributed by atoms with van der Waals surface area (Å²) in [6, 6.07) is 5.72. The third-order valence-corrected chi connectivity index (χ3v) is 4.14. The SMILES string of the molecule is CCCn1ncnc1[C@@H](C)NC(=O)c1cccc2c1NCCC2. The van der Waals surface area contributed by atoms with Crippen LogP contribution >= 0.6 is 0 Å². The summed E-state index contributed by atoms with van der Waals surface area (Å²) in [5.74, 6) is 0.716. The van der Waals surface area contributed by atoms with Crippen molar-refractivity contribution in [3.63, 3.8) is 0 Å². The highest BCUT2D eigenvalue weighted by molar-refractivity contribution is 6.00. The van der Waals surface area contributed by atoms with Gasteiger partial charge in [0.05, 0.1) is 17.3 Å². The number of carbonyl (C=O) groups excluding carboxylic acids is 1. The van der Waals surface area contributed by atoms with Crippen LogP contribution in [-0.2, 0) is 13.0 Å². The Bertz CT molecular complexity index is 694. The van der Waals surface area contributed by atoms with Crippen molar-refractivity contribution in [1.82, 2.24) is 20.1 Å². The van der Waals surface area contributed by atoms with E-state index in [0.29, 0.717) is 5.56 Å². The summed E-state index contributed by atoms with van der Waals surface area (Å²) in [7, 11) is 0. The Labute approximate surface area is 136 Å². The molecule has 1 aliphatic rings. The van der Waals surface area contributed by atoms with E-state index in [1.54, 1.807) is 6.33 Å². The van der Waals surface area contributed by atoms with Crippen LogP contribution in [0.5, 0.6) is 0 Å². The molecule has 0 saturated heterocycles. The van der Waals surface area contributed by atoms with Gasteiger partial charge in [0.15, 0.2) is 0 Å². The first-order valence-corrected chi connectivity index (χ1v) is 8.25. The molecule has 0 radical (unpaired) electrons. The van der Waals surface area contributed by atoms with Crippen molar-refractivity contribution in [1.29, 1.82) is 0 Å². The smallest absolute Gasteiger partial charge is 0.253 e. The first-order valence-electron chi connectivity index (χ1n) is 8.25. The molecule has 2 heterocycles. The van der Waals surface area contributed by atoms with E-state index in [9.17, 15) is 4.79 Å². The summed E-state index contributed by atoms with van der Waals surface area (Å²) in [5, 5.41) is 10.6.